The monoisotopic (exact) mass is 313 g/mol. The maximum atomic E-state index is 5.19. The largest absolute Gasteiger partial charge is 0.360 e. The van der Waals surface area contributed by atoms with E-state index in [2.05, 4.69) is 39.5 Å². The SMILES string of the molecule is CC(C)CNc1nnc(SCc2nc(C(C)C)no2)s1. The summed E-state index contributed by atoms with van der Waals surface area (Å²) in [5.74, 6) is 2.87. The van der Waals surface area contributed by atoms with Crippen molar-refractivity contribution in [2.75, 3.05) is 11.9 Å². The lowest BCUT2D eigenvalue weighted by molar-refractivity contribution is 0.383. The molecule has 0 amide bonds. The van der Waals surface area contributed by atoms with Gasteiger partial charge in [-0.1, -0.05) is 56.0 Å². The first-order valence-electron chi connectivity index (χ1n) is 6.57. The number of hydrogen-bond donors (Lipinski definition) is 1. The van der Waals surface area contributed by atoms with Crippen molar-refractivity contribution in [2.24, 2.45) is 5.92 Å². The van der Waals surface area contributed by atoms with Crippen molar-refractivity contribution in [1.82, 2.24) is 20.3 Å². The molecule has 0 saturated carbocycles. The van der Waals surface area contributed by atoms with Gasteiger partial charge in [-0.15, -0.1) is 10.2 Å². The smallest absolute Gasteiger partial charge is 0.237 e. The summed E-state index contributed by atoms with van der Waals surface area (Å²) in [6.45, 7) is 9.30. The summed E-state index contributed by atoms with van der Waals surface area (Å²) in [4.78, 5) is 4.33. The van der Waals surface area contributed by atoms with Gasteiger partial charge >= 0.3 is 0 Å². The fraction of sp³-hybridized carbons (Fsp3) is 0.667. The Kier molecular flexibility index (Phi) is 5.36. The van der Waals surface area contributed by atoms with Gasteiger partial charge in [0, 0.05) is 12.5 Å². The van der Waals surface area contributed by atoms with Gasteiger partial charge in [-0.25, -0.2) is 0 Å². The van der Waals surface area contributed by atoms with E-state index in [1.807, 2.05) is 13.8 Å². The number of aromatic nitrogens is 4. The van der Waals surface area contributed by atoms with Crippen LogP contribution in [-0.2, 0) is 5.75 Å². The fourth-order valence-electron chi connectivity index (χ4n) is 1.32. The van der Waals surface area contributed by atoms with Crippen LogP contribution in [-0.4, -0.2) is 26.9 Å². The Hall–Kier alpha value is -1.15. The van der Waals surface area contributed by atoms with Gasteiger partial charge in [-0.05, 0) is 5.92 Å². The first-order valence-corrected chi connectivity index (χ1v) is 8.37. The van der Waals surface area contributed by atoms with Crippen molar-refractivity contribution >= 4 is 28.2 Å². The molecule has 6 nitrogen and oxygen atoms in total. The second kappa shape index (κ2) is 7.03. The Morgan fingerprint density at radius 2 is 2.05 bits per heavy atom. The topological polar surface area (TPSA) is 76.7 Å². The van der Waals surface area contributed by atoms with Gasteiger partial charge in [0.1, 0.15) is 0 Å². The molecule has 0 aromatic carbocycles. The highest BCUT2D eigenvalue weighted by molar-refractivity contribution is 8.00. The van der Waals surface area contributed by atoms with Gasteiger partial charge in [0.2, 0.25) is 11.0 Å². The van der Waals surface area contributed by atoms with Gasteiger partial charge in [0.25, 0.3) is 0 Å². The molecule has 0 aliphatic heterocycles. The maximum absolute atomic E-state index is 5.19. The number of nitrogens with one attached hydrogen (secondary N) is 1. The van der Waals surface area contributed by atoms with Gasteiger partial charge in [-0.2, -0.15) is 4.98 Å². The summed E-state index contributed by atoms with van der Waals surface area (Å²) in [6.07, 6.45) is 0. The molecule has 2 aromatic heterocycles. The Labute approximate surface area is 126 Å². The second-order valence-electron chi connectivity index (χ2n) is 5.14. The molecule has 0 unspecified atom stereocenters. The van der Waals surface area contributed by atoms with Crippen molar-refractivity contribution in [2.45, 2.75) is 43.7 Å². The highest BCUT2D eigenvalue weighted by atomic mass is 32.2. The van der Waals surface area contributed by atoms with E-state index in [0.717, 1.165) is 21.8 Å². The first kappa shape index (κ1) is 15.2. The molecule has 0 aliphatic rings. The van der Waals surface area contributed by atoms with E-state index >= 15 is 0 Å². The van der Waals surface area contributed by atoms with Crippen molar-refractivity contribution in [3.8, 4) is 0 Å². The predicted molar refractivity (Wildman–Crippen MR) is 81.2 cm³/mol. The predicted octanol–water partition coefficient (Wildman–Crippen LogP) is 3.40. The maximum Gasteiger partial charge on any atom is 0.237 e. The number of hydrogen-bond acceptors (Lipinski definition) is 8. The first-order chi connectivity index (χ1) is 9.54. The highest BCUT2D eigenvalue weighted by Gasteiger charge is 2.11. The number of thioether (sulfide) groups is 1. The third kappa shape index (κ3) is 4.45. The van der Waals surface area contributed by atoms with E-state index in [1.54, 1.807) is 23.1 Å². The van der Waals surface area contributed by atoms with Gasteiger partial charge in [-0.3, -0.25) is 0 Å². The third-order valence-electron chi connectivity index (χ3n) is 2.39. The lowest BCUT2D eigenvalue weighted by Gasteiger charge is -2.03. The zero-order valence-corrected chi connectivity index (χ0v) is 13.7. The van der Waals surface area contributed by atoms with E-state index < -0.39 is 0 Å². The second-order valence-corrected chi connectivity index (χ2v) is 7.34. The molecule has 20 heavy (non-hydrogen) atoms. The number of rotatable bonds is 7. The van der Waals surface area contributed by atoms with Crippen LogP contribution in [0.3, 0.4) is 0 Å². The van der Waals surface area contributed by atoms with E-state index in [9.17, 15) is 0 Å². The Bertz CT molecular complexity index is 537. The summed E-state index contributed by atoms with van der Waals surface area (Å²) < 4.78 is 6.10. The zero-order chi connectivity index (χ0) is 14.5. The standard InChI is InChI=1S/C12H19N5OS2/c1-7(2)5-13-11-15-16-12(20-11)19-6-9-14-10(8(3)4)17-18-9/h7-8H,5-6H2,1-4H3,(H,13,15). The lowest BCUT2D eigenvalue weighted by Crippen LogP contribution is -2.07. The Balaban J connectivity index is 1.84. The Morgan fingerprint density at radius 3 is 2.70 bits per heavy atom. The minimum atomic E-state index is 0.283. The molecule has 0 radical (unpaired) electrons. The van der Waals surface area contributed by atoms with Gasteiger partial charge in [0.05, 0.1) is 5.75 Å². The van der Waals surface area contributed by atoms with E-state index in [-0.39, 0.29) is 5.92 Å². The Morgan fingerprint density at radius 1 is 1.25 bits per heavy atom. The molecule has 2 aromatic rings. The van der Waals surface area contributed by atoms with Crippen LogP contribution < -0.4 is 5.32 Å². The summed E-state index contributed by atoms with van der Waals surface area (Å²) in [5.41, 5.74) is 0. The fourth-order valence-corrected chi connectivity index (χ4v) is 2.91. The van der Waals surface area contributed by atoms with Crippen molar-refractivity contribution in [3.63, 3.8) is 0 Å². The summed E-state index contributed by atoms with van der Waals surface area (Å²) in [7, 11) is 0. The minimum absolute atomic E-state index is 0.283. The third-order valence-corrected chi connectivity index (χ3v) is 4.39. The average molecular weight is 313 g/mol. The van der Waals surface area contributed by atoms with Gasteiger partial charge in [0.15, 0.2) is 10.2 Å². The summed E-state index contributed by atoms with van der Waals surface area (Å²) in [5, 5.41) is 16.3. The van der Waals surface area contributed by atoms with Crippen LogP contribution in [0.25, 0.3) is 0 Å². The van der Waals surface area contributed by atoms with Gasteiger partial charge < -0.3 is 9.84 Å². The molecule has 110 valence electrons. The zero-order valence-electron chi connectivity index (χ0n) is 12.1. The molecule has 2 rings (SSSR count). The van der Waals surface area contributed by atoms with Crippen LogP contribution in [0.1, 0.15) is 45.3 Å². The normalized spacial score (nSPS) is 11.5. The minimum Gasteiger partial charge on any atom is -0.360 e. The van der Waals surface area contributed by atoms with Crippen LogP contribution in [0.15, 0.2) is 8.86 Å². The van der Waals surface area contributed by atoms with Crippen molar-refractivity contribution in [1.29, 1.82) is 0 Å². The molecule has 0 fully saturated rings. The molecule has 1 N–H and O–H groups in total. The highest BCUT2D eigenvalue weighted by Crippen LogP contribution is 2.28. The quantitative estimate of drug-likeness (QED) is 0.785. The van der Waals surface area contributed by atoms with Crippen LogP contribution in [0, 0.1) is 5.92 Å². The van der Waals surface area contributed by atoms with E-state index in [1.165, 1.54) is 0 Å². The molecule has 0 saturated heterocycles. The van der Waals surface area contributed by atoms with Crippen molar-refractivity contribution < 1.29 is 4.52 Å². The van der Waals surface area contributed by atoms with Crippen LogP contribution in [0.4, 0.5) is 5.13 Å². The van der Waals surface area contributed by atoms with E-state index in [4.69, 9.17) is 4.52 Å². The number of anilines is 1. The molecule has 0 spiro atoms. The summed E-state index contributed by atoms with van der Waals surface area (Å²) >= 11 is 3.11. The van der Waals surface area contributed by atoms with Crippen LogP contribution in [0.2, 0.25) is 0 Å². The summed E-state index contributed by atoms with van der Waals surface area (Å²) in [6, 6.07) is 0. The van der Waals surface area contributed by atoms with E-state index in [0.29, 0.717) is 17.6 Å². The number of nitrogens with zero attached hydrogens (tertiary/aromatic N) is 4. The molecular formula is C12H19N5OS2. The molecular weight excluding hydrogens is 294 g/mol. The average Bonchev–Trinajstić information content (AvgIpc) is 3.03. The van der Waals surface area contributed by atoms with Crippen LogP contribution >= 0.6 is 23.1 Å². The molecule has 8 heteroatoms. The van der Waals surface area contributed by atoms with Crippen LogP contribution in [0.5, 0.6) is 0 Å². The molecule has 0 bridgehead atoms. The molecule has 0 aliphatic carbocycles. The lowest BCUT2D eigenvalue weighted by atomic mass is 10.2. The molecule has 0 atom stereocenters. The van der Waals surface area contributed by atoms with Crippen molar-refractivity contribution in [3.05, 3.63) is 11.7 Å². The molecule has 2 heterocycles.